The lowest BCUT2D eigenvalue weighted by atomic mass is 9.83. The van der Waals surface area contributed by atoms with Crippen LogP contribution in [0.5, 0.6) is 0 Å². The molecule has 2 aromatic heterocycles. The third-order valence-electron chi connectivity index (χ3n) is 6.67. The highest BCUT2D eigenvalue weighted by Crippen LogP contribution is 2.33. The number of amides is 3. The van der Waals surface area contributed by atoms with Crippen LogP contribution in [0.1, 0.15) is 32.9 Å². The minimum absolute atomic E-state index is 0.279. The van der Waals surface area contributed by atoms with Crippen LogP contribution in [-0.4, -0.2) is 38.7 Å². The van der Waals surface area contributed by atoms with Crippen molar-refractivity contribution in [2.45, 2.75) is 25.8 Å². The molecule has 5 rings (SSSR count). The molecule has 3 amide bonds. The molecule has 7 heteroatoms. The first-order valence-electron chi connectivity index (χ1n) is 11.8. The van der Waals surface area contributed by atoms with E-state index < -0.39 is 17.5 Å². The van der Waals surface area contributed by atoms with Crippen LogP contribution in [0.3, 0.4) is 0 Å². The van der Waals surface area contributed by atoms with Gasteiger partial charge < -0.3 is 9.88 Å². The zero-order chi connectivity index (χ0) is 25.3. The summed E-state index contributed by atoms with van der Waals surface area (Å²) in [5.41, 5.74) is 2.30. The summed E-state index contributed by atoms with van der Waals surface area (Å²) in [4.78, 5) is 45.8. The van der Waals surface area contributed by atoms with E-state index in [0.29, 0.717) is 22.6 Å². The number of benzene rings is 2. The number of carbonyl (C=O) groups is 3. The van der Waals surface area contributed by atoms with E-state index in [4.69, 9.17) is 0 Å². The maximum atomic E-state index is 13.9. The van der Waals surface area contributed by atoms with Gasteiger partial charge in [-0.2, -0.15) is 0 Å². The fourth-order valence-corrected chi connectivity index (χ4v) is 4.92. The van der Waals surface area contributed by atoms with Crippen LogP contribution in [0.4, 0.5) is 4.79 Å². The van der Waals surface area contributed by atoms with Gasteiger partial charge in [-0.1, -0.05) is 66.7 Å². The van der Waals surface area contributed by atoms with Gasteiger partial charge in [-0.3, -0.25) is 14.5 Å². The SMILES string of the molecule is Cc1cc(C(=O)CN2C(=O)N[C@](Cc3ccccc3)(c3ccccc3)C2=O)c(C)n1-c1ccccn1. The Kier molecular flexibility index (Phi) is 5.98. The molecule has 0 unspecified atom stereocenters. The molecule has 0 aliphatic carbocycles. The van der Waals surface area contributed by atoms with Gasteiger partial charge in [-0.15, -0.1) is 0 Å². The highest BCUT2D eigenvalue weighted by Gasteiger charge is 2.52. The van der Waals surface area contributed by atoms with Gasteiger partial charge in [0.15, 0.2) is 11.3 Å². The van der Waals surface area contributed by atoms with Crippen LogP contribution in [0.25, 0.3) is 5.82 Å². The van der Waals surface area contributed by atoms with Crippen LogP contribution in [0.15, 0.2) is 91.1 Å². The molecule has 0 radical (unpaired) electrons. The minimum atomic E-state index is -1.29. The van der Waals surface area contributed by atoms with E-state index in [0.717, 1.165) is 16.2 Å². The summed E-state index contributed by atoms with van der Waals surface area (Å²) < 4.78 is 1.89. The van der Waals surface area contributed by atoms with Gasteiger partial charge in [-0.25, -0.2) is 9.78 Å². The second-order valence-corrected chi connectivity index (χ2v) is 8.99. The number of Topliss-reactive ketones (excluding diaryl/α,β-unsaturated/α-hetero) is 1. The molecular formula is C29H26N4O3. The van der Waals surface area contributed by atoms with Crippen molar-refractivity contribution >= 4 is 17.7 Å². The van der Waals surface area contributed by atoms with E-state index in [9.17, 15) is 14.4 Å². The summed E-state index contributed by atoms with van der Waals surface area (Å²) in [7, 11) is 0. The topological polar surface area (TPSA) is 84.3 Å². The molecule has 0 bridgehead atoms. The van der Waals surface area contributed by atoms with E-state index >= 15 is 0 Å². The maximum absolute atomic E-state index is 13.9. The smallest absolute Gasteiger partial charge is 0.319 e. The number of hydrogen-bond donors (Lipinski definition) is 1. The first-order valence-corrected chi connectivity index (χ1v) is 11.8. The van der Waals surface area contributed by atoms with E-state index in [1.54, 1.807) is 12.3 Å². The number of urea groups is 1. The van der Waals surface area contributed by atoms with Crippen molar-refractivity contribution in [1.29, 1.82) is 0 Å². The number of pyridine rings is 1. The van der Waals surface area contributed by atoms with E-state index in [1.165, 1.54) is 0 Å². The average Bonchev–Trinajstić information content (AvgIpc) is 3.33. The number of nitrogens with zero attached hydrogens (tertiary/aromatic N) is 3. The lowest BCUT2D eigenvalue weighted by Crippen LogP contribution is -2.46. The number of aryl methyl sites for hydroxylation is 1. The first-order chi connectivity index (χ1) is 17.4. The molecule has 0 saturated carbocycles. The summed E-state index contributed by atoms with van der Waals surface area (Å²) in [6, 6.07) is 25.5. The molecule has 1 atom stereocenters. The molecule has 1 fully saturated rings. The normalized spacial score (nSPS) is 17.3. The van der Waals surface area contributed by atoms with Gasteiger partial charge in [0, 0.05) is 29.6 Å². The van der Waals surface area contributed by atoms with Crippen molar-refractivity contribution < 1.29 is 14.4 Å². The third kappa shape index (κ3) is 3.98. The molecule has 4 aromatic rings. The first kappa shape index (κ1) is 23.2. The number of imide groups is 1. The van der Waals surface area contributed by atoms with Gasteiger partial charge in [0.1, 0.15) is 5.82 Å². The Balaban J connectivity index is 1.47. The molecule has 1 aliphatic rings. The molecule has 0 spiro atoms. The van der Waals surface area contributed by atoms with Gasteiger partial charge in [0.25, 0.3) is 5.91 Å². The number of nitrogens with one attached hydrogen (secondary N) is 1. The molecule has 1 aliphatic heterocycles. The Morgan fingerprint density at radius 2 is 1.58 bits per heavy atom. The Labute approximate surface area is 209 Å². The number of ketones is 1. The molecule has 36 heavy (non-hydrogen) atoms. The summed E-state index contributed by atoms with van der Waals surface area (Å²) in [6.07, 6.45) is 1.97. The van der Waals surface area contributed by atoms with Crippen LogP contribution >= 0.6 is 0 Å². The van der Waals surface area contributed by atoms with E-state index in [-0.39, 0.29) is 18.7 Å². The van der Waals surface area contributed by atoms with Crippen LogP contribution in [0, 0.1) is 13.8 Å². The summed E-state index contributed by atoms with van der Waals surface area (Å²) in [5, 5.41) is 2.92. The summed E-state index contributed by atoms with van der Waals surface area (Å²) >= 11 is 0. The third-order valence-corrected chi connectivity index (χ3v) is 6.67. The van der Waals surface area contributed by atoms with E-state index in [2.05, 4.69) is 10.3 Å². The Morgan fingerprint density at radius 1 is 0.917 bits per heavy atom. The molecule has 1 saturated heterocycles. The Morgan fingerprint density at radius 3 is 2.25 bits per heavy atom. The predicted molar refractivity (Wildman–Crippen MR) is 136 cm³/mol. The lowest BCUT2D eigenvalue weighted by molar-refractivity contribution is -0.131. The molecule has 7 nitrogen and oxygen atoms in total. The largest absolute Gasteiger partial charge is 0.325 e. The minimum Gasteiger partial charge on any atom is -0.319 e. The Hall–Kier alpha value is -4.52. The van der Waals surface area contributed by atoms with Crippen molar-refractivity contribution in [2.75, 3.05) is 6.54 Å². The highest BCUT2D eigenvalue weighted by atomic mass is 16.2. The zero-order valence-corrected chi connectivity index (χ0v) is 20.1. The summed E-state index contributed by atoms with van der Waals surface area (Å²) in [6.45, 7) is 3.39. The quantitative estimate of drug-likeness (QED) is 0.316. The van der Waals surface area contributed by atoms with Gasteiger partial charge in [0.2, 0.25) is 0 Å². The van der Waals surface area contributed by atoms with Crippen molar-refractivity contribution in [3.63, 3.8) is 0 Å². The van der Waals surface area contributed by atoms with Gasteiger partial charge in [-0.05, 0) is 43.2 Å². The number of rotatable bonds is 7. The second kappa shape index (κ2) is 9.26. The molecule has 180 valence electrons. The average molecular weight is 479 g/mol. The van der Waals surface area contributed by atoms with Crippen LogP contribution in [0.2, 0.25) is 0 Å². The molecular weight excluding hydrogens is 452 g/mol. The fourth-order valence-electron chi connectivity index (χ4n) is 4.92. The summed E-state index contributed by atoms with van der Waals surface area (Å²) in [5.74, 6) is -0.0423. The maximum Gasteiger partial charge on any atom is 0.325 e. The van der Waals surface area contributed by atoms with Crippen LogP contribution < -0.4 is 5.32 Å². The standard InChI is InChI=1S/C29H26N4O3/c1-20-17-24(21(2)33(20)26-15-9-10-16-30-26)25(34)19-32-27(35)29(31-28(32)36,23-13-7-4-8-14-23)18-22-11-5-3-6-12-22/h3-17H,18-19H2,1-2H3,(H,31,36)/t29-/m1/s1. The van der Waals surface area contributed by atoms with Crippen molar-refractivity contribution in [3.8, 4) is 5.82 Å². The zero-order valence-electron chi connectivity index (χ0n) is 20.1. The van der Waals surface area contributed by atoms with Crippen LogP contribution in [-0.2, 0) is 16.8 Å². The highest BCUT2D eigenvalue weighted by molar-refractivity contribution is 6.11. The number of aromatic nitrogens is 2. The monoisotopic (exact) mass is 478 g/mol. The van der Waals surface area contributed by atoms with Gasteiger partial charge in [0.05, 0.1) is 6.54 Å². The number of hydrogen-bond acceptors (Lipinski definition) is 4. The van der Waals surface area contributed by atoms with Crippen molar-refractivity contribution in [2.24, 2.45) is 0 Å². The van der Waals surface area contributed by atoms with E-state index in [1.807, 2.05) is 97.3 Å². The Bertz CT molecular complexity index is 1430. The van der Waals surface area contributed by atoms with Crippen molar-refractivity contribution in [3.05, 3.63) is 119 Å². The molecule has 3 heterocycles. The number of carbonyl (C=O) groups excluding carboxylic acids is 3. The predicted octanol–water partition coefficient (Wildman–Crippen LogP) is 4.36. The molecule has 1 N–H and O–H groups in total. The molecule has 2 aromatic carbocycles. The second-order valence-electron chi connectivity index (χ2n) is 8.99. The lowest BCUT2D eigenvalue weighted by Gasteiger charge is -2.27. The van der Waals surface area contributed by atoms with Gasteiger partial charge >= 0.3 is 6.03 Å². The van der Waals surface area contributed by atoms with Crippen molar-refractivity contribution in [1.82, 2.24) is 19.8 Å². The fraction of sp³-hybridized carbons (Fsp3) is 0.172.